The van der Waals surface area contributed by atoms with Crippen LogP contribution in [-0.4, -0.2) is 34.0 Å². The first-order chi connectivity index (χ1) is 15.8. The van der Waals surface area contributed by atoms with Crippen LogP contribution < -0.4 is 14.4 Å². The van der Waals surface area contributed by atoms with Gasteiger partial charge in [-0.1, -0.05) is 37.3 Å². The molecular weight excluding hydrogens is 443 g/mol. The second-order valence-electron chi connectivity index (χ2n) is 7.51. The molecule has 0 saturated carbocycles. The summed E-state index contributed by atoms with van der Waals surface area (Å²) in [6.07, 6.45) is 0. The lowest BCUT2D eigenvalue weighted by Gasteiger charge is -2.24. The van der Waals surface area contributed by atoms with Crippen molar-refractivity contribution < 1.29 is 22.3 Å². The highest BCUT2D eigenvalue weighted by Crippen LogP contribution is 2.26. The van der Waals surface area contributed by atoms with Gasteiger partial charge in [-0.15, -0.1) is 0 Å². The standard InChI is InChI=1S/C25H27FN2O4S/c1-3-32-23-13-11-22(12-14-23)28(33(30,31)24-15-9-21(26)10-16-24)18-25(29)27-17-19(2)20-7-5-4-6-8-20/h4-16,19H,3,17-18H2,1-2H3,(H,27,29). The minimum Gasteiger partial charge on any atom is -0.494 e. The molecule has 1 atom stereocenters. The number of ether oxygens (including phenoxy) is 1. The maximum atomic E-state index is 13.4. The molecule has 1 N–H and O–H groups in total. The number of nitrogens with one attached hydrogen (secondary N) is 1. The maximum absolute atomic E-state index is 13.4. The molecule has 0 aliphatic carbocycles. The van der Waals surface area contributed by atoms with Crippen molar-refractivity contribution >= 4 is 21.6 Å². The topological polar surface area (TPSA) is 75.7 Å². The van der Waals surface area contributed by atoms with Gasteiger partial charge in [0.2, 0.25) is 5.91 Å². The van der Waals surface area contributed by atoms with Crippen LogP contribution in [-0.2, 0) is 14.8 Å². The lowest BCUT2D eigenvalue weighted by Crippen LogP contribution is -2.41. The molecule has 174 valence electrons. The fourth-order valence-corrected chi connectivity index (χ4v) is 4.70. The molecule has 0 radical (unpaired) electrons. The van der Waals surface area contributed by atoms with Gasteiger partial charge >= 0.3 is 0 Å². The quantitative estimate of drug-likeness (QED) is 0.478. The molecule has 0 aliphatic rings. The Morgan fingerprint density at radius 2 is 1.64 bits per heavy atom. The molecule has 3 aromatic rings. The smallest absolute Gasteiger partial charge is 0.264 e. The molecule has 1 amide bonds. The Labute approximate surface area is 194 Å². The first-order valence-electron chi connectivity index (χ1n) is 10.6. The molecule has 1 unspecified atom stereocenters. The van der Waals surface area contributed by atoms with Gasteiger partial charge in [0.1, 0.15) is 18.1 Å². The number of amides is 1. The highest BCUT2D eigenvalue weighted by Gasteiger charge is 2.27. The van der Waals surface area contributed by atoms with Gasteiger partial charge < -0.3 is 10.1 Å². The van der Waals surface area contributed by atoms with Crippen molar-refractivity contribution in [2.24, 2.45) is 0 Å². The van der Waals surface area contributed by atoms with Crippen LogP contribution in [0.2, 0.25) is 0 Å². The van der Waals surface area contributed by atoms with Gasteiger partial charge in [-0.25, -0.2) is 12.8 Å². The molecule has 6 nitrogen and oxygen atoms in total. The Morgan fingerprint density at radius 1 is 1.00 bits per heavy atom. The molecule has 0 saturated heterocycles. The number of hydrogen-bond donors (Lipinski definition) is 1. The van der Waals surface area contributed by atoms with Gasteiger partial charge in [0.05, 0.1) is 17.2 Å². The second-order valence-corrected chi connectivity index (χ2v) is 9.37. The molecule has 0 aliphatic heterocycles. The number of sulfonamides is 1. The maximum Gasteiger partial charge on any atom is 0.264 e. The van der Waals surface area contributed by atoms with Gasteiger partial charge in [0.25, 0.3) is 10.0 Å². The molecule has 3 rings (SSSR count). The summed E-state index contributed by atoms with van der Waals surface area (Å²) in [5.41, 5.74) is 1.37. The van der Waals surface area contributed by atoms with E-state index in [1.807, 2.05) is 44.2 Å². The van der Waals surface area contributed by atoms with Gasteiger partial charge in [0, 0.05) is 6.54 Å². The Bertz CT molecular complexity index is 1150. The summed E-state index contributed by atoms with van der Waals surface area (Å²) in [6.45, 7) is 4.24. The zero-order valence-electron chi connectivity index (χ0n) is 18.6. The van der Waals surface area contributed by atoms with Crippen LogP contribution in [0.25, 0.3) is 0 Å². The van der Waals surface area contributed by atoms with Crippen molar-refractivity contribution in [1.29, 1.82) is 0 Å². The molecule has 0 heterocycles. The van der Waals surface area contributed by atoms with Crippen molar-refractivity contribution in [1.82, 2.24) is 5.32 Å². The molecule has 8 heteroatoms. The van der Waals surface area contributed by atoms with Crippen molar-refractivity contribution in [3.63, 3.8) is 0 Å². The summed E-state index contributed by atoms with van der Waals surface area (Å²) >= 11 is 0. The van der Waals surface area contributed by atoms with E-state index in [-0.39, 0.29) is 10.8 Å². The predicted molar refractivity (Wildman–Crippen MR) is 126 cm³/mol. The monoisotopic (exact) mass is 470 g/mol. The second kappa shape index (κ2) is 11.0. The van der Waals surface area contributed by atoms with Crippen molar-refractivity contribution in [2.45, 2.75) is 24.7 Å². The highest BCUT2D eigenvalue weighted by atomic mass is 32.2. The summed E-state index contributed by atoms with van der Waals surface area (Å²) < 4.78 is 46.5. The first kappa shape index (κ1) is 24.3. The summed E-state index contributed by atoms with van der Waals surface area (Å²) in [7, 11) is -4.12. The van der Waals surface area contributed by atoms with Gasteiger partial charge in [0.15, 0.2) is 0 Å². The Hall–Kier alpha value is -3.39. The Balaban J connectivity index is 1.82. The number of carbonyl (C=O) groups excluding carboxylic acids is 1. The van der Waals surface area contributed by atoms with E-state index in [9.17, 15) is 17.6 Å². The molecule has 0 fully saturated rings. The van der Waals surface area contributed by atoms with Crippen molar-refractivity contribution in [2.75, 3.05) is 24.0 Å². The highest BCUT2D eigenvalue weighted by molar-refractivity contribution is 7.92. The van der Waals surface area contributed by atoms with Crippen LogP contribution in [0.15, 0.2) is 83.8 Å². The number of anilines is 1. The summed E-state index contributed by atoms with van der Waals surface area (Å²) in [5, 5.41) is 2.82. The third kappa shape index (κ3) is 6.32. The van der Waals surface area contributed by atoms with Crippen LogP contribution in [0.5, 0.6) is 5.75 Å². The SMILES string of the molecule is CCOc1ccc(N(CC(=O)NCC(C)c2ccccc2)S(=O)(=O)c2ccc(F)cc2)cc1. The lowest BCUT2D eigenvalue weighted by molar-refractivity contribution is -0.119. The van der Waals surface area contributed by atoms with E-state index < -0.39 is 28.3 Å². The van der Waals surface area contributed by atoms with E-state index in [4.69, 9.17) is 4.74 Å². The minimum absolute atomic E-state index is 0.0581. The Kier molecular flexibility index (Phi) is 8.06. The lowest BCUT2D eigenvalue weighted by atomic mass is 10.0. The van der Waals surface area contributed by atoms with Gasteiger partial charge in [-0.05, 0) is 66.9 Å². The predicted octanol–water partition coefficient (Wildman–Crippen LogP) is 4.34. The van der Waals surface area contributed by atoms with Gasteiger partial charge in [-0.2, -0.15) is 0 Å². The summed E-state index contributed by atoms with van der Waals surface area (Å²) in [6, 6.07) is 20.7. The van der Waals surface area contributed by atoms with E-state index in [0.29, 0.717) is 24.6 Å². The van der Waals surface area contributed by atoms with Gasteiger partial charge in [-0.3, -0.25) is 9.10 Å². The zero-order chi connectivity index (χ0) is 23.8. The number of benzene rings is 3. The van der Waals surface area contributed by atoms with Crippen LogP contribution in [0.3, 0.4) is 0 Å². The molecule has 0 bridgehead atoms. The largest absolute Gasteiger partial charge is 0.494 e. The fraction of sp³-hybridized carbons (Fsp3) is 0.240. The first-order valence-corrected chi connectivity index (χ1v) is 12.1. The normalized spacial score (nSPS) is 12.1. The molecule has 0 aromatic heterocycles. The van der Waals surface area contributed by atoms with E-state index in [1.165, 1.54) is 12.1 Å². The third-order valence-electron chi connectivity index (χ3n) is 5.10. The van der Waals surface area contributed by atoms with E-state index in [0.717, 1.165) is 22.0 Å². The third-order valence-corrected chi connectivity index (χ3v) is 6.89. The van der Waals surface area contributed by atoms with Crippen LogP contribution in [0.1, 0.15) is 25.3 Å². The molecule has 3 aromatic carbocycles. The minimum atomic E-state index is -4.12. The molecule has 33 heavy (non-hydrogen) atoms. The van der Waals surface area contributed by atoms with Crippen molar-refractivity contribution in [3.05, 3.63) is 90.2 Å². The number of rotatable bonds is 10. The van der Waals surface area contributed by atoms with E-state index in [1.54, 1.807) is 24.3 Å². The van der Waals surface area contributed by atoms with Crippen molar-refractivity contribution in [3.8, 4) is 5.75 Å². The molecular formula is C25H27FN2O4S. The number of nitrogens with zero attached hydrogens (tertiary/aromatic N) is 1. The number of hydrogen-bond acceptors (Lipinski definition) is 4. The zero-order valence-corrected chi connectivity index (χ0v) is 19.4. The summed E-state index contributed by atoms with van der Waals surface area (Å²) in [5.74, 6) is -0.351. The van der Waals surface area contributed by atoms with E-state index >= 15 is 0 Å². The van der Waals surface area contributed by atoms with Crippen LogP contribution in [0.4, 0.5) is 10.1 Å². The average Bonchev–Trinajstić information content (AvgIpc) is 2.82. The van der Waals surface area contributed by atoms with E-state index in [2.05, 4.69) is 5.32 Å². The molecule has 0 spiro atoms. The fourth-order valence-electron chi connectivity index (χ4n) is 3.28. The number of carbonyl (C=O) groups is 1. The summed E-state index contributed by atoms with van der Waals surface area (Å²) in [4.78, 5) is 12.7. The van der Waals surface area contributed by atoms with Crippen LogP contribution in [0, 0.1) is 5.82 Å². The Morgan fingerprint density at radius 3 is 2.24 bits per heavy atom. The van der Waals surface area contributed by atoms with Crippen LogP contribution >= 0.6 is 0 Å². The number of halogens is 1. The average molecular weight is 471 g/mol.